The first-order valence-electron chi connectivity index (χ1n) is 4.74. The summed E-state index contributed by atoms with van der Waals surface area (Å²) in [6.07, 6.45) is 0.920. The predicted molar refractivity (Wildman–Crippen MR) is 55.9 cm³/mol. The second kappa shape index (κ2) is 2.82. The van der Waals surface area contributed by atoms with E-state index in [2.05, 4.69) is 32.2 Å². The van der Waals surface area contributed by atoms with Crippen molar-refractivity contribution in [2.24, 2.45) is 11.3 Å². The molecule has 1 fully saturated rings. The van der Waals surface area contributed by atoms with Gasteiger partial charge in [-0.3, -0.25) is 0 Å². The molecule has 1 aliphatic rings. The molecule has 1 aliphatic carbocycles. The fourth-order valence-electron chi connectivity index (χ4n) is 1.90. The molecule has 1 saturated carbocycles. The van der Waals surface area contributed by atoms with E-state index in [-0.39, 0.29) is 6.10 Å². The first-order valence-corrected chi connectivity index (χ1v) is 5.62. The van der Waals surface area contributed by atoms with Gasteiger partial charge in [0, 0.05) is 4.88 Å². The number of aryl methyl sites for hydroxylation is 1. The largest absolute Gasteiger partial charge is 0.388 e. The van der Waals surface area contributed by atoms with E-state index in [1.54, 1.807) is 11.3 Å². The molecule has 0 spiro atoms. The van der Waals surface area contributed by atoms with Crippen molar-refractivity contribution in [1.29, 1.82) is 0 Å². The molecule has 0 aliphatic heterocycles. The van der Waals surface area contributed by atoms with Gasteiger partial charge < -0.3 is 5.11 Å². The predicted octanol–water partition coefficient (Wildman–Crippen LogP) is 3.14. The van der Waals surface area contributed by atoms with Crippen LogP contribution in [0.5, 0.6) is 0 Å². The lowest BCUT2D eigenvalue weighted by molar-refractivity contribution is 0.139. The highest BCUT2D eigenvalue weighted by Crippen LogP contribution is 2.57. The quantitative estimate of drug-likeness (QED) is 0.770. The van der Waals surface area contributed by atoms with Gasteiger partial charge in [-0.1, -0.05) is 13.8 Å². The van der Waals surface area contributed by atoms with Crippen molar-refractivity contribution in [2.45, 2.75) is 33.3 Å². The second-order valence-electron chi connectivity index (χ2n) is 4.73. The van der Waals surface area contributed by atoms with Crippen LogP contribution in [0.15, 0.2) is 11.4 Å². The zero-order chi connectivity index (χ0) is 9.64. The molecule has 1 heterocycles. The third-order valence-electron chi connectivity index (χ3n) is 3.06. The molecule has 72 valence electrons. The topological polar surface area (TPSA) is 20.2 Å². The lowest BCUT2D eigenvalue weighted by Crippen LogP contribution is -2.03. The van der Waals surface area contributed by atoms with Crippen LogP contribution in [-0.2, 0) is 0 Å². The molecule has 0 amide bonds. The molecule has 1 N–H and O–H groups in total. The number of aliphatic hydroxyl groups is 1. The van der Waals surface area contributed by atoms with Crippen molar-refractivity contribution in [2.75, 3.05) is 0 Å². The molecule has 2 atom stereocenters. The average Bonchev–Trinajstić information content (AvgIpc) is 2.47. The van der Waals surface area contributed by atoms with Crippen LogP contribution in [0, 0.1) is 18.3 Å². The molecule has 1 aromatic rings. The molecular formula is C11H16OS. The highest BCUT2D eigenvalue weighted by molar-refractivity contribution is 7.10. The van der Waals surface area contributed by atoms with Crippen LogP contribution < -0.4 is 0 Å². The molecule has 2 rings (SSSR count). The molecule has 1 aromatic heterocycles. The third-order valence-corrected chi connectivity index (χ3v) is 3.94. The number of thiophene rings is 1. The Balaban J connectivity index is 2.11. The molecule has 1 nitrogen and oxygen atoms in total. The summed E-state index contributed by atoms with van der Waals surface area (Å²) < 4.78 is 0. The number of rotatable bonds is 2. The van der Waals surface area contributed by atoms with Crippen LogP contribution in [0.2, 0.25) is 0 Å². The smallest absolute Gasteiger partial charge is 0.0831 e. The van der Waals surface area contributed by atoms with Gasteiger partial charge in [0.25, 0.3) is 0 Å². The van der Waals surface area contributed by atoms with Crippen LogP contribution in [0.25, 0.3) is 0 Å². The molecule has 0 radical (unpaired) electrons. The minimum Gasteiger partial charge on any atom is -0.388 e. The zero-order valence-electron chi connectivity index (χ0n) is 8.37. The summed E-state index contributed by atoms with van der Waals surface area (Å²) in [5.41, 5.74) is 1.47. The molecule has 0 aromatic carbocycles. The summed E-state index contributed by atoms with van der Waals surface area (Å²) in [7, 11) is 0. The van der Waals surface area contributed by atoms with E-state index < -0.39 is 0 Å². The van der Waals surface area contributed by atoms with Crippen molar-refractivity contribution in [3.8, 4) is 0 Å². The Morgan fingerprint density at radius 2 is 2.23 bits per heavy atom. The van der Waals surface area contributed by atoms with E-state index in [4.69, 9.17) is 0 Å². The number of hydrogen-bond donors (Lipinski definition) is 1. The van der Waals surface area contributed by atoms with Gasteiger partial charge in [-0.15, -0.1) is 11.3 Å². The minimum absolute atomic E-state index is 0.236. The van der Waals surface area contributed by atoms with Crippen molar-refractivity contribution in [1.82, 2.24) is 0 Å². The molecule has 2 heteroatoms. The second-order valence-corrected chi connectivity index (χ2v) is 5.85. The van der Waals surface area contributed by atoms with Gasteiger partial charge in [0.1, 0.15) is 0 Å². The fourth-order valence-corrected chi connectivity index (χ4v) is 2.63. The van der Waals surface area contributed by atoms with E-state index in [9.17, 15) is 5.11 Å². The zero-order valence-corrected chi connectivity index (χ0v) is 9.19. The number of aliphatic hydroxyl groups excluding tert-OH is 1. The first-order chi connectivity index (χ1) is 6.00. The summed E-state index contributed by atoms with van der Waals surface area (Å²) in [6.45, 7) is 6.53. The van der Waals surface area contributed by atoms with Crippen LogP contribution in [0.1, 0.15) is 36.8 Å². The first kappa shape index (κ1) is 9.22. The standard InChI is InChI=1S/C11H16OS/c1-7-4-8(6-13-7)10(12)9-5-11(9,2)3/h4,6,9-10,12H,5H2,1-3H3. The average molecular weight is 196 g/mol. The fraction of sp³-hybridized carbons (Fsp3) is 0.636. The molecule has 0 bridgehead atoms. The van der Waals surface area contributed by atoms with Gasteiger partial charge in [0.15, 0.2) is 0 Å². The van der Waals surface area contributed by atoms with E-state index in [0.717, 1.165) is 12.0 Å². The van der Waals surface area contributed by atoms with Crippen LogP contribution in [-0.4, -0.2) is 5.11 Å². The SMILES string of the molecule is Cc1cc(C(O)C2CC2(C)C)cs1. The maximum absolute atomic E-state index is 10.0. The Morgan fingerprint density at radius 1 is 1.62 bits per heavy atom. The van der Waals surface area contributed by atoms with Crippen LogP contribution in [0.4, 0.5) is 0 Å². The Bertz CT molecular complexity index is 314. The van der Waals surface area contributed by atoms with Crippen molar-refractivity contribution >= 4 is 11.3 Å². The maximum atomic E-state index is 10.0. The molecule has 0 saturated heterocycles. The van der Waals surface area contributed by atoms with Gasteiger partial charge in [0.05, 0.1) is 6.10 Å². The highest BCUT2D eigenvalue weighted by Gasteiger charge is 2.50. The van der Waals surface area contributed by atoms with Crippen LogP contribution in [0.3, 0.4) is 0 Å². The lowest BCUT2D eigenvalue weighted by Gasteiger charge is -2.10. The number of hydrogen-bond acceptors (Lipinski definition) is 2. The summed E-state index contributed by atoms with van der Waals surface area (Å²) >= 11 is 1.72. The van der Waals surface area contributed by atoms with Gasteiger partial charge in [-0.05, 0) is 41.7 Å². The van der Waals surface area contributed by atoms with Gasteiger partial charge >= 0.3 is 0 Å². The van der Waals surface area contributed by atoms with Crippen molar-refractivity contribution in [3.05, 3.63) is 21.9 Å². The van der Waals surface area contributed by atoms with E-state index in [0.29, 0.717) is 11.3 Å². The Hall–Kier alpha value is -0.340. The summed E-state index contributed by atoms with van der Waals surface area (Å²) in [5.74, 6) is 0.474. The normalized spacial score (nSPS) is 27.2. The summed E-state index contributed by atoms with van der Waals surface area (Å²) in [5, 5.41) is 12.1. The Kier molecular flexibility index (Phi) is 2.00. The van der Waals surface area contributed by atoms with Crippen LogP contribution >= 0.6 is 11.3 Å². The Morgan fingerprint density at radius 3 is 2.62 bits per heavy atom. The lowest BCUT2D eigenvalue weighted by atomic mass is 10.0. The maximum Gasteiger partial charge on any atom is 0.0831 e. The van der Waals surface area contributed by atoms with Gasteiger partial charge in [-0.2, -0.15) is 0 Å². The highest BCUT2D eigenvalue weighted by atomic mass is 32.1. The molecule has 2 unspecified atom stereocenters. The summed E-state index contributed by atoms with van der Waals surface area (Å²) in [6, 6.07) is 2.10. The van der Waals surface area contributed by atoms with Gasteiger partial charge in [-0.25, -0.2) is 0 Å². The van der Waals surface area contributed by atoms with E-state index >= 15 is 0 Å². The molecule has 13 heavy (non-hydrogen) atoms. The van der Waals surface area contributed by atoms with Crippen molar-refractivity contribution < 1.29 is 5.11 Å². The van der Waals surface area contributed by atoms with E-state index in [1.165, 1.54) is 4.88 Å². The third kappa shape index (κ3) is 1.65. The van der Waals surface area contributed by atoms with E-state index in [1.807, 2.05) is 0 Å². The molecular weight excluding hydrogens is 180 g/mol. The Labute approximate surface area is 83.4 Å². The van der Waals surface area contributed by atoms with Crippen molar-refractivity contribution in [3.63, 3.8) is 0 Å². The monoisotopic (exact) mass is 196 g/mol. The minimum atomic E-state index is -0.236. The van der Waals surface area contributed by atoms with Gasteiger partial charge in [0.2, 0.25) is 0 Å². The summed E-state index contributed by atoms with van der Waals surface area (Å²) in [4.78, 5) is 1.28.